The molecular formula is C17H22N6O3. The van der Waals surface area contributed by atoms with Crippen LogP contribution in [0.1, 0.15) is 19.8 Å². The molecule has 0 spiro atoms. The molecule has 0 radical (unpaired) electrons. The number of rotatable bonds is 6. The standard InChI is InChI=1S/C17H22N6O3/c1-2-26-17(25)13-7-9-22(10-8-13)16(24)11-18-14-3-5-15(6-4-14)23-12-19-20-21-23/h3-6,12-13,18H,2,7-11H2,1H3. The molecule has 2 heterocycles. The van der Waals surface area contributed by atoms with E-state index in [9.17, 15) is 9.59 Å². The highest BCUT2D eigenvalue weighted by Crippen LogP contribution is 2.19. The molecule has 1 aromatic carbocycles. The van der Waals surface area contributed by atoms with Gasteiger partial charge in [-0.2, -0.15) is 0 Å². The molecule has 2 aromatic rings. The molecular weight excluding hydrogens is 336 g/mol. The molecule has 1 aliphatic rings. The number of likely N-dealkylation sites (tertiary alicyclic amines) is 1. The molecule has 9 nitrogen and oxygen atoms in total. The van der Waals surface area contributed by atoms with E-state index in [4.69, 9.17) is 4.74 Å². The number of anilines is 1. The van der Waals surface area contributed by atoms with Crippen LogP contribution in [0.2, 0.25) is 0 Å². The predicted octanol–water partition coefficient (Wildman–Crippen LogP) is 0.876. The number of ether oxygens (including phenoxy) is 1. The SMILES string of the molecule is CCOC(=O)C1CCN(C(=O)CNc2ccc(-n3cnnn3)cc2)CC1. The van der Waals surface area contributed by atoms with Gasteiger partial charge in [-0.3, -0.25) is 9.59 Å². The molecule has 1 N–H and O–H groups in total. The van der Waals surface area contributed by atoms with Crippen molar-refractivity contribution < 1.29 is 14.3 Å². The molecule has 0 unspecified atom stereocenters. The molecule has 0 aliphatic carbocycles. The molecule has 0 saturated carbocycles. The summed E-state index contributed by atoms with van der Waals surface area (Å²) in [5.74, 6) is -0.219. The summed E-state index contributed by atoms with van der Waals surface area (Å²) < 4.78 is 6.61. The van der Waals surface area contributed by atoms with Crippen LogP contribution in [-0.2, 0) is 14.3 Å². The molecule has 1 saturated heterocycles. The van der Waals surface area contributed by atoms with Gasteiger partial charge in [0.05, 0.1) is 24.8 Å². The second-order valence-corrected chi connectivity index (χ2v) is 6.06. The van der Waals surface area contributed by atoms with Gasteiger partial charge in [-0.25, -0.2) is 4.68 Å². The van der Waals surface area contributed by atoms with E-state index >= 15 is 0 Å². The lowest BCUT2D eigenvalue weighted by atomic mass is 9.97. The van der Waals surface area contributed by atoms with Gasteiger partial charge in [-0.05, 0) is 54.5 Å². The van der Waals surface area contributed by atoms with E-state index in [0.717, 1.165) is 11.4 Å². The smallest absolute Gasteiger partial charge is 0.309 e. The molecule has 138 valence electrons. The van der Waals surface area contributed by atoms with Crippen LogP contribution in [-0.4, -0.2) is 63.2 Å². The first kappa shape index (κ1) is 17.8. The topological polar surface area (TPSA) is 102 Å². The number of esters is 1. The van der Waals surface area contributed by atoms with Crippen LogP contribution in [0.5, 0.6) is 0 Å². The van der Waals surface area contributed by atoms with Crippen molar-refractivity contribution >= 4 is 17.6 Å². The van der Waals surface area contributed by atoms with E-state index < -0.39 is 0 Å². The van der Waals surface area contributed by atoms with Crippen molar-refractivity contribution in [2.45, 2.75) is 19.8 Å². The minimum Gasteiger partial charge on any atom is -0.466 e. The second-order valence-electron chi connectivity index (χ2n) is 6.06. The number of nitrogens with one attached hydrogen (secondary N) is 1. The number of nitrogens with zero attached hydrogens (tertiary/aromatic N) is 5. The Kier molecular flexibility index (Phi) is 5.77. The van der Waals surface area contributed by atoms with Crippen LogP contribution in [0, 0.1) is 5.92 Å². The fourth-order valence-corrected chi connectivity index (χ4v) is 2.93. The van der Waals surface area contributed by atoms with Crippen molar-refractivity contribution in [2.75, 3.05) is 31.6 Å². The Hall–Kier alpha value is -2.97. The number of piperidine rings is 1. The molecule has 1 aromatic heterocycles. The quantitative estimate of drug-likeness (QED) is 0.765. The number of carbonyl (C=O) groups excluding carboxylic acids is 2. The van der Waals surface area contributed by atoms with Crippen molar-refractivity contribution in [1.82, 2.24) is 25.1 Å². The lowest BCUT2D eigenvalue weighted by molar-refractivity contribution is -0.151. The molecule has 1 fully saturated rings. The van der Waals surface area contributed by atoms with E-state index in [2.05, 4.69) is 20.8 Å². The van der Waals surface area contributed by atoms with Crippen molar-refractivity contribution in [3.8, 4) is 5.69 Å². The summed E-state index contributed by atoms with van der Waals surface area (Å²) >= 11 is 0. The predicted molar refractivity (Wildman–Crippen MR) is 93.6 cm³/mol. The third-order valence-electron chi connectivity index (χ3n) is 4.39. The Labute approximate surface area is 151 Å². The molecule has 0 bridgehead atoms. The molecule has 1 aliphatic heterocycles. The summed E-state index contributed by atoms with van der Waals surface area (Å²) in [4.78, 5) is 25.9. The minimum absolute atomic E-state index is 0.0249. The number of hydrogen-bond donors (Lipinski definition) is 1. The number of hydrogen-bond acceptors (Lipinski definition) is 7. The summed E-state index contributed by atoms with van der Waals surface area (Å²) in [6.07, 6.45) is 2.84. The molecule has 1 amide bonds. The summed E-state index contributed by atoms with van der Waals surface area (Å²) in [7, 11) is 0. The van der Waals surface area contributed by atoms with Crippen molar-refractivity contribution in [2.24, 2.45) is 5.92 Å². The highest BCUT2D eigenvalue weighted by Gasteiger charge is 2.27. The van der Waals surface area contributed by atoms with Gasteiger partial charge in [0.1, 0.15) is 6.33 Å². The van der Waals surface area contributed by atoms with E-state index in [-0.39, 0.29) is 24.3 Å². The van der Waals surface area contributed by atoms with Crippen LogP contribution < -0.4 is 5.32 Å². The third-order valence-corrected chi connectivity index (χ3v) is 4.39. The van der Waals surface area contributed by atoms with Crippen LogP contribution in [0.25, 0.3) is 5.69 Å². The number of amides is 1. The average Bonchev–Trinajstić information content (AvgIpc) is 3.21. The van der Waals surface area contributed by atoms with Gasteiger partial charge in [0.15, 0.2) is 0 Å². The monoisotopic (exact) mass is 358 g/mol. The molecule has 0 atom stereocenters. The van der Waals surface area contributed by atoms with Crippen LogP contribution in [0.15, 0.2) is 30.6 Å². The zero-order chi connectivity index (χ0) is 18.4. The Morgan fingerprint density at radius 1 is 1.23 bits per heavy atom. The largest absolute Gasteiger partial charge is 0.466 e. The Bertz CT molecular complexity index is 723. The summed E-state index contributed by atoms with van der Waals surface area (Å²) in [6, 6.07) is 7.48. The number of benzene rings is 1. The van der Waals surface area contributed by atoms with Gasteiger partial charge >= 0.3 is 5.97 Å². The Balaban J connectivity index is 1.45. The first-order valence-electron chi connectivity index (χ1n) is 8.69. The lowest BCUT2D eigenvalue weighted by Gasteiger charge is -2.31. The number of carbonyl (C=O) groups is 2. The lowest BCUT2D eigenvalue weighted by Crippen LogP contribution is -2.43. The normalized spacial score (nSPS) is 14.9. The summed E-state index contributed by atoms with van der Waals surface area (Å²) in [6.45, 7) is 3.59. The van der Waals surface area contributed by atoms with Gasteiger partial charge in [0.25, 0.3) is 0 Å². The van der Waals surface area contributed by atoms with Crippen LogP contribution in [0.4, 0.5) is 5.69 Å². The molecule has 3 rings (SSSR count). The fourth-order valence-electron chi connectivity index (χ4n) is 2.93. The van der Waals surface area contributed by atoms with E-state index in [1.54, 1.807) is 16.5 Å². The first-order valence-corrected chi connectivity index (χ1v) is 8.69. The summed E-state index contributed by atoms with van der Waals surface area (Å²) in [5.41, 5.74) is 1.68. The van der Waals surface area contributed by atoms with Gasteiger partial charge in [-0.1, -0.05) is 0 Å². The van der Waals surface area contributed by atoms with Crippen LogP contribution >= 0.6 is 0 Å². The van der Waals surface area contributed by atoms with Crippen molar-refractivity contribution in [3.05, 3.63) is 30.6 Å². The van der Waals surface area contributed by atoms with Gasteiger partial charge in [0, 0.05) is 18.8 Å². The highest BCUT2D eigenvalue weighted by molar-refractivity contribution is 5.81. The van der Waals surface area contributed by atoms with Crippen molar-refractivity contribution in [3.63, 3.8) is 0 Å². The van der Waals surface area contributed by atoms with Gasteiger partial charge in [-0.15, -0.1) is 5.10 Å². The Morgan fingerprint density at radius 2 is 1.96 bits per heavy atom. The fraction of sp³-hybridized carbons (Fsp3) is 0.471. The maximum Gasteiger partial charge on any atom is 0.309 e. The van der Waals surface area contributed by atoms with Crippen molar-refractivity contribution in [1.29, 1.82) is 0 Å². The van der Waals surface area contributed by atoms with E-state index in [1.165, 1.54) is 6.33 Å². The zero-order valence-electron chi connectivity index (χ0n) is 14.7. The van der Waals surface area contributed by atoms with Gasteiger partial charge in [0.2, 0.25) is 5.91 Å². The highest BCUT2D eigenvalue weighted by atomic mass is 16.5. The Morgan fingerprint density at radius 3 is 2.58 bits per heavy atom. The first-order chi connectivity index (χ1) is 12.7. The second kappa shape index (κ2) is 8.41. The molecule has 26 heavy (non-hydrogen) atoms. The zero-order valence-corrected chi connectivity index (χ0v) is 14.7. The van der Waals surface area contributed by atoms with Gasteiger partial charge < -0.3 is 15.0 Å². The maximum atomic E-state index is 12.3. The van der Waals surface area contributed by atoms with E-state index in [0.29, 0.717) is 32.5 Å². The maximum absolute atomic E-state index is 12.3. The third kappa shape index (κ3) is 4.35. The van der Waals surface area contributed by atoms with E-state index in [1.807, 2.05) is 24.3 Å². The van der Waals surface area contributed by atoms with Crippen LogP contribution in [0.3, 0.4) is 0 Å². The average molecular weight is 358 g/mol. The summed E-state index contributed by atoms with van der Waals surface area (Å²) in [5, 5.41) is 14.1. The number of tetrazole rings is 1. The molecule has 9 heteroatoms. The number of aromatic nitrogens is 4. The minimum atomic E-state index is -0.152.